The summed E-state index contributed by atoms with van der Waals surface area (Å²) in [5, 5.41) is 9.97. The number of aromatic amines is 1. The quantitative estimate of drug-likeness (QED) is 0.651. The van der Waals surface area contributed by atoms with Gasteiger partial charge in [-0.15, -0.1) is 11.3 Å². The third kappa shape index (κ3) is 3.90. The van der Waals surface area contributed by atoms with Gasteiger partial charge in [0.2, 0.25) is 0 Å². The molecule has 0 saturated heterocycles. The first-order valence-corrected chi connectivity index (χ1v) is 8.57. The Morgan fingerprint density at radius 1 is 1.26 bits per heavy atom. The monoisotopic (exact) mass is 328 g/mol. The van der Waals surface area contributed by atoms with Gasteiger partial charge in [0.1, 0.15) is 0 Å². The predicted molar refractivity (Wildman–Crippen MR) is 94.0 cm³/mol. The van der Waals surface area contributed by atoms with Crippen LogP contribution in [0, 0.1) is 6.92 Å². The minimum absolute atomic E-state index is 0.127. The molecule has 5 nitrogen and oxygen atoms in total. The second-order valence-corrected chi connectivity index (χ2v) is 6.40. The van der Waals surface area contributed by atoms with Gasteiger partial charge in [-0.2, -0.15) is 0 Å². The van der Waals surface area contributed by atoms with Gasteiger partial charge in [0, 0.05) is 48.2 Å². The van der Waals surface area contributed by atoms with E-state index in [1.165, 1.54) is 22.0 Å². The number of aromatic nitrogens is 2. The topological polar surface area (TPSA) is 69.8 Å². The zero-order chi connectivity index (χ0) is 16.1. The van der Waals surface area contributed by atoms with E-state index in [9.17, 15) is 4.79 Å². The van der Waals surface area contributed by atoms with Gasteiger partial charge in [-0.1, -0.05) is 18.2 Å². The van der Waals surface area contributed by atoms with Crippen molar-refractivity contribution >= 4 is 28.3 Å². The molecule has 6 heteroatoms. The van der Waals surface area contributed by atoms with Crippen LogP contribution in [0.1, 0.15) is 16.1 Å². The number of hydrogen-bond donors (Lipinski definition) is 3. The molecule has 0 spiro atoms. The van der Waals surface area contributed by atoms with Crippen molar-refractivity contribution in [3.05, 3.63) is 52.1 Å². The largest absolute Gasteiger partial charge is 0.361 e. The van der Waals surface area contributed by atoms with E-state index in [2.05, 4.69) is 45.7 Å². The van der Waals surface area contributed by atoms with E-state index in [4.69, 9.17) is 0 Å². The fraction of sp³-hybridized carbons (Fsp3) is 0.294. The van der Waals surface area contributed by atoms with Crippen molar-refractivity contribution in [2.45, 2.75) is 19.8 Å². The lowest BCUT2D eigenvalue weighted by atomic mass is 10.1. The first-order chi connectivity index (χ1) is 11.2. The summed E-state index contributed by atoms with van der Waals surface area (Å²) >= 11 is 1.61. The van der Waals surface area contributed by atoms with Crippen LogP contribution in [0.2, 0.25) is 0 Å². The SMILES string of the molecule is Cc1cccc2c(CCNC(=O)NCCc3nccs3)c[nH]c12. The van der Waals surface area contributed by atoms with Gasteiger partial charge in [-0.3, -0.25) is 0 Å². The third-order valence-corrected chi connectivity index (χ3v) is 4.64. The molecular weight excluding hydrogens is 308 g/mol. The van der Waals surface area contributed by atoms with Crippen LogP contribution in [-0.2, 0) is 12.8 Å². The van der Waals surface area contributed by atoms with E-state index in [0.29, 0.717) is 13.1 Å². The number of urea groups is 1. The maximum Gasteiger partial charge on any atom is 0.314 e. The highest BCUT2D eigenvalue weighted by Crippen LogP contribution is 2.21. The molecule has 0 aliphatic rings. The Morgan fingerprint density at radius 2 is 2.09 bits per heavy atom. The van der Waals surface area contributed by atoms with E-state index in [1.54, 1.807) is 17.5 Å². The molecule has 2 aromatic heterocycles. The summed E-state index contributed by atoms with van der Waals surface area (Å²) in [6, 6.07) is 6.14. The maximum absolute atomic E-state index is 11.8. The number of H-pyrrole nitrogens is 1. The summed E-state index contributed by atoms with van der Waals surface area (Å²) in [6.45, 7) is 3.31. The zero-order valence-corrected chi connectivity index (χ0v) is 13.9. The van der Waals surface area contributed by atoms with Crippen LogP contribution < -0.4 is 10.6 Å². The van der Waals surface area contributed by atoms with Crippen LogP contribution in [0.4, 0.5) is 4.79 Å². The molecule has 0 fully saturated rings. The second kappa shape index (κ2) is 7.28. The first kappa shape index (κ1) is 15.6. The van der Waals surface area contributed by atoms with Crippen molar-refractivity contribution in [2.24, 2.45) is 0 Å². The lowest BCUT2D eigenvalue weighted by Gasteiger charge is -2.06. The van der Waals surface area contributed by atoms with Crippen LogP contribution >= 0.6 is 11.3 Å². The van der Waals surface area contributed by atoms with E-state index in [1.807, 2.05) is 11.6 Å². The lowest BCUT2D eigenvalue weighted by molar-refractivity contribution is 0.241. The number of fused-ring (bicyclic) bond motifs is 1. The summed E-state index contributed by atoms with van der Waals surface area (Å²) in [5.74, 6) is 0. The Kier molecular flexibility index (Phi) is 4.92. The van der Waals surface area contributed by atoms with Crippen LogP contribution in [0.5, 0.6) is 0 Å². The molecule has 0 atom stereocenters. The summed E-state index contributed by atoms with van der Waals surface area (Å²) in [6.07, 6.45) is 5.39. The highest BCUT2D eigenvalue weighted by Gasteiger charge is 2.06. The van der Waals surface area contributed by atoms with Crippen molar-refractivity contribution in [1.29, 1.82) is 0 Å². The lowest BCUT2D eigenvalue weighted by Crippen LogP contribution is -2.37. The number of para-hydroxylation sites is 1. The third-order valence-electron chi connectivity index (χ3n) is 3.80. The molecule has 0 unspecified atom stereocenters. The molecule has 2 amide bonds. The van der Waals surface area contributed by atoms with Gasteiger partial charge >= 0.3 is 6.03 Å². The molecule has 23 heavy (non-hydrogen) atoms. The molecule has 3 rings (SSSR count). The number of benzene rings is 1. The van der Waals surface area contributed by atoms with Gasteiger partial charge in [0.15, 0.2) is 0 Å². The van der Waals surface area contributed by atoms with Crippen molar-refractivity contribution < 1.29 is 4.79 Å². The Labute approximate surface area is 139 Å². The number of carbonyl (C=O) groups excluding carboxylic acids is 1. The van der Waals surface area contributed by atoms with E-state index < -0.39 is 0 Å². The molecule has 1 aromatic carbocycles. The molecule has 0 aliphatic carbocycles. The molecule has 3 aromatic rings. The standard InChI is InChI=1S/C17H20N4OS/c1-12-3-2-4-14-13(11-21-16(12)14)5-7-19-17(22)20-8-6-15-18-9-10-23-15/h2-4,9-11,21H,5-8H2,1H3,(H2,19,20,22). The van der Waals surface area contributed by atoms with Gasteiger partial charge in [-0.25, -0.2) is 9.78 Å². The number of nitrogens with zero attached hydrogens (tertiary/aromatic N) is 1. The van der Waals surface area contributed by atoms with Crippen molar-refractivity contribution in [1.82, 2.24) is 20.6 Å². The summed E-state index contributed by atoms with van der Waals surface area (Å²) < 4.78 is 0. The Balaban J connectivity index is 1.43. The van der Waals surface area contributed by atoms with Crippen LogP contribution in [0.25, 0.3) is 10.9 Å². The minimum atomic E-state index is -0.127. The van der Waals surface area contributed by atoms with E-state index >= 15 is 0 Å². The van der Waals surface area contributed by atoms with Gasteiger partial charge in [0.25, 0.3) is 0 Å². The van der Waals surface area contributed by atoms with Crippen molar-refractivity contribution in [3.63, 3.8) is 0 Å². The number of amides is 2. The van der Waals surface area contributed by atoms with Gasteiger partial charge in [0.05, 0.1) is 5.01 Å². The molecule has 0 bridgehead atoms. The van der Waals surface area contributed by atoms with E-state index in [0.717, 1.165) is 17.8 Å². The first-order valence-electron chi connectivity index (χ1n) is 7.69. The Bertz CT molecular complexity index is 779. The fourth-order valence-electron chi connectivity index (χ4n) is 2.60. The molecule has 120 valence electrons. The molecular formula is C17H20N4OS. The highest BCUT2D eigenvalue weighted by atomic mass is 32.1. The molecule has 0 saturated carbocycles. The Morgan fingerprint density at radius 3 is 2.87 bits per heavy atom. The van der Waals surface area contributed by atoms with Crippen LogP contribution in [0.15, 0.2) is 36.0 Å². The average molecular weight is 328 g/mol. The van der Waals surface area contributed by atoms with Crippen molar-refractivity contribution in [2.75, 3.05) is 13.1 Å². The summed E-state index contributed by atoms with van der Waals surface area (Å²) in [4.78, 5) is 19.3. The summed E-state index contributed by atoms with van der Waals surface area (Å²) in [5.41, 5.74) is 3.64. The normalized spacial score (nSPS) is 10.8. The zero-order valence-electron chi connectivity index (χ0n) is 13.1. The van der Waals surface area contributed by atoms with E-state index in [-0.39, 0.29) is 6.03 Å². The number of rotatable bonds is 6. The number of carbonyl (C=O) groups is 1. The maximum atomic E-state index is 11.8. The van der Waals surface area contributed by atoms with Crippen molar-refractivity contribution in [3.8, 4) is 0 Å². The predicted octanol–water partition coefficient (Wildman–Crippen LogP) is 3.02. The van der Waals surface area contributed by atoms with Gasteiger partial charge < -0.3 is 15.6 Å². The average Bonchev–Trinajstić information content (AvgIpc) is 3.18. The number of nitrogens with one attached hydrogen (secondary N) is 3. The molecule has 0 aliphatic heterocycles. The second-order valence-electron chi connectivity index (χ2n) is 5.42. The molecule has 2 heterocycles. The number of aryl methyl sites for hydroxylation is 1. The highest BCUT2D eigenvalue weighted by molar-refractivity contribution is 7.09. The number of thiazole rings is 1. The Hall–Kier alpha value is -2.34. The molecule has 3 N–H and O–H groups in total. The number of hydrogen-bond acceptors (Lipinski definition) is 3. The van der Waals surface area contributed by atoms with Crippen LogP contribution in [-0.4, -0.2) is 29.1 Å². The minimum Gasteiger partial charge on any atom is -0.361 e. The molecule has 0 radical (unpaired) electrons. The summed E-state index contributed by atoms with van der Waals surface area (Å²) in [7, 11) is 0. The van der Waals surface area contributed by atoms with Gasteiger partial charge in [-0.05, 0) is 24.5 Å². The fourth-order valence-corrected chi connectivity index (χ4v) is 3.22. The smallest absolute Gasteiger partial charge is 0.314 e. The van der Waals surface area contributed by atoms with Crippen LogP contribution in [0.3, 0.4) is 0 Å².